The average Bonchev–Trinajstić information content (AvgIpc) is 3.39. The van der Waals surface area contributed by atoms with E-state index < -0.39 is 0 Å². The molecule has 0 aliphatic carbocycles. The third-order valence-electron chi connectivity index (χ3n) is 6.02. The molecule has 3 aromatic heterocycles. The highest BCUT2D eigenvalue weighted by Crippen LogP contribution is 2.25. The zero-order valence-electron chi connectivity index (χ0n) is 18.7. The van der Waals surface area contributed by atoms with E-state index in [0.717, 1.165) is 53.5 Å². The van der Waals surface area contributed by atoms with Gasteiger partial charge in [0.05, 0.1) is 17.6 Å². The van der Waals surface area contributed by atoms with Crippen LogP contribution in [0.1, 0.15) is 29.9 Å². The number of pyridine rings is 1. The number of nitrogens with zero attached hydrogens (tertiary/aromatic N) is 7. The normalized spacial score (nSPS) is 14.8. The van der Waals surface area contributed by atoms with Crippen molar-refractivity contribution in [2.75, 3.05) is 31.1 Å². The van der Waals surface area contributed by atoms with Crippen LogP contribution in [0.15, 0.2) is 48.1 Å². The van der Waals surface area contributed by atoms with Crippen LogP contribution in [0.3, 0.4) is 0 Å². The summed E-state index contributed by atoms with van der Waals surface area (Å²) < 4.78 is 0. The second kappa shape index (κ2) is 9.29. The Hall–Kier alpha value is -3.30. The number of anilines is 1. The summed E-state index contributed by atoms with van der Waals surface area (Å²) in [6, 6.07) is 12.0. The van der Waals surface area contributed by atoms with E-state index in [0.29, 0.717) is 17.3 Å². The quantitative estimate of drug-likeness (QED) is 0.405. The summed E-state index contributed by atoms with van der Waals surface area (Å²) >= 11 is 1.49. The van der Waals surface area contributed by atoms with Crippen molar-refractivity contribution in [3.63, 3.8) is 0 Å². The van der Waals surface area contributed by atoms with E-state index in [2.05, 4.69) is 49.0 Å². The third kappa shape index (κ3) is 4.74. The van der Waals surface area contributed by atoms with Crippen molar-refractivity contribution < 1.29 is 4.79 Å². The zero-order chi connectivity index (χ0) is 22.8. The number of piperazine rings is 1. The number of hydrogen-bond acceptors (Lipinski definition) is 9. The number of hydrogen-bond donors (Lipinski definition) is 0. The highest BCUT2D eigenvalue weighted by molar-refractivity contribution is 7.12. The van der Waals surface area contributed by atoms with Crippen LogP contribution in [0.25, 0.3) is 21.5 Å². The van der Waals surface area contributed by atoms with E-state index in [4.69, 9.17) is 0 Å². The minimum atomic E-state index is 0.00777. The largest absolute Gasteiger partial charge is 0.354 e. The molecule has 0 radical (unpaired) electrons. The molecule has 1 fully saturated rings. The molecular formula is C24H25N7OS. The van der Waals surface area contributed by atoms with Gasteiger partial charge in [-0.3, -0.25) is 9.69 Å². The SMILES string of the molecule is CC(C)N1CCN(c2cc(C(=O)Cc3cc4cc(-c5nncs5)ccc4nn3)ccn2)CC1. The molecule has 0 atom stereocenters. The molecule has 168 valence electrons. The Bertz CT molecular complexity index is 1270. The minimum Gasteiger partial charge on any atom is -0.354 e. The fourth-order valence-corrected chi connectivity index (χ4v) is 4.66. The summed E-state index contributed by atoms with van der Waals surface area (Å²) in [7, 11) is 0. The van der Waals surface area contributed by atoms with Crippen molar-refractivity contribution >= 4 is 33.8 Å². The van der Waals surface area contributed by atoms with Crippen LogP contribution in [0.5, 0.6) is 0 Å². The molecule has 1 aliphatic heterocycles. The summed E-state index contributed by atoms with van der Waals surface area (Å²) in [5, 5.41) is 18.4. The van der Waals surface area contributed by atoms with Crippen LogP contribution in [0, 0.1) is 0 Å². The van der Waals surface area contributed by atoms with Gasteiger partial charge in [-0.25, -0.2) is 4.98 Å². The third-order valence-corrected chi connectivity index (χ3v) is 6.76. The second-order valence-corrected chi connectivity index (χ2v) is 9.31. The highest BCUT2D eigenvalue weighted by Gasteiger charge is 2.20. The fourth-order valence-electron chi connectivity index (χ4n) is 4.10. The maximum atomic E-state index is 13.0. The van der Waals surface area contributed by atoms with Crippen molar-refractivity contribution in [3.8, 4) is 10.6 Å². The maximum Gasteiger partial charge on any atom is 0.169 e. The number of Topliss-reactive ketones (excluding diaryl/α,β-unsaturated/α-hetero) is 1. The zero-order valence-corrected chi connectivity index (χ0v) is 19.5. The first-order valence-electron chi connectivity index (χ1n) is 11.1. The first-order chi connectivity index (χ1) is 16.1. The second-order valence-electron chi connectivity index (χ2n) is 8.47. The Balaban J connectivity index is 1.32. The van der Waals surface area contributed by atoms with E-state index in [1.807, 2.05) is 30.3 Å². The summed E-state index contributed by atoms with van der Waals surface area (Å²) in [6.45, 7) is 8.28. The lowest BCUT2D eigenvalue weighted by atomic mass is 10.1. The molecule has 4 aromatic rings. The summed E-state index contributed by atoms with van der Waals surface area (Å²) in [5.74, 6) is 0.865. The first kappa shape index (κ1) is 21.5. The Labute approximate surface area is 196 Å². The monoisotopic (exact) mass is 459 g/mol. The van der Waals surface area contributed by atoms with Crippen LogP contribution < -0.4 is 4.90 Å². The first-order valence-corrected chi connectivity index (χ1v) is 12.0. The van der Waals surface area contributed by atoms with Gasteiger partial charge in [0.25, 0.3) is 0 Å². The van der Waals surface area contributed by atoms with Gasteiger partial charge in [-0.1, -0.05) is 11.3 Å². The number of fused-ring (bicyclic) bond motifs is 1. The number of rotatable bonds is 6. The van der Waals surface area contributed by atoms with Crippen molar-refractivity contribution in [3.05, 3.63) is 59.4 Å². The lowest BCUT2D eigenvalue weighted by molar-refractivity contribution is 0.0991. The van der Waals surface area contributed by atoms with E-state index in [1.165, 1.54) is 11.3 Å². The number of benzene rings is 1. The number of carbonyl (C=O) groups excluding carboxylic acids is 1. The van der Waals surface area contributed by atoms with Crippen LogP contribution in [-0.2, 0) is 6.42 Å². The molecule has 1 saturated heterocycles. The molecule has 8 nitrogen and oxygen atoms in total. The fraction of sp³-hybridized carbons (Fsp3) is 0.333. The predicted octanol–water partition coefficient (Wildman–Crippen LogP) is 3.50. The molecule has 0 saturated carbocycles. The topological polar surface area (TPSA) is 88.0 Å². The van der Waals surface area contributed by atoms with Gasteiger partial charge < -0.3 is 4.90 Å². The predicted molar refractivity (Wildman–Crippen MR) is 130 cm³/mol. The number of ketones is 1. The van der Waals surface area contributed by atoms with Gasteiger partial charge in [0.1, 0.15) is 16.3 Å². The standard InChI is InChI=1S/C24H25N7OS/c1-16(2)30-7-9-31(10-8-30)23-13-17(5-6-25-23)22(32)14-20-12-19-11-18(24-29-26-15-33-24)3-4-21(19)28-27-20/h3-6,11-13,15-16H,7-10,14H2,1-2H3. The molecule has 0 N–H and O–H groups in total. The molecule has 5 rings (SSSR count). The van der Waals surface area contributed by atoms with Crippen LogP contribution >= 0.6 is 11.3 Å². The van der Waals surface area contributed by atoms with Gasteiger partial charge in [0.2, 0.25) is 0 Å². The van der Waals surface area contributed by atoms with Crippen molar-refractivity contribution in [2.45, 2.75) is 26.3 Å². The van der Waals surface area contributed by atoms with Crippen molar-refractivity contribution in [2.24, 2.45) is 0 Å². The van der Waals surface area contributed by atoms with Crippen molar-refractivity contribution in [1.82, 2.24) is 30.3 Å². The molecular weight excluding hydrogens is 434 g/mol. The Morgan fingerprint density at radius 3 is 2.64 bits per heavy atom. The van der Waals surface area contributed by atoms with E-state index in [9.17, 15) is 4.79 Å². The van der Waals surface area contributed by atoms with Gasteiger partial charge in [0.15, 0.2) is 5.78 Å². The maximum absolute atomic E-state index is 13.0. The smallest absolute Gasteiger partial charge is 0.169 e. The Kier molecular flexibility index (Phi) is 6.06. The molecule has 0 amide bonds. The summed E-state index contributed by atoms with van der Waals surface area (Å²) in [6.07, 6.45) is 1.91. The van der Waals surface area contributed by atoms with Gasteiger partial charge in [-0.15, -0.1) is 10.2 Å². The Morgan fingerprint density at radius 1 is 1.03 bits per heavy atom. The lowest BCUT2D eigenvalue weighted by Gasteiger charge is -2.37. The average molecular weight is 460 g/mol. The molecule has 9 heteroatoms. The van der Waals surface area contributed by atoms with Gasteiger partial charge in [-0.05, 0) is 50.2 Å². The van der Waals surface area contributed by atoms with Crippen molar-refractivity contribution in [1.29, 1.82) is 0 Å². The molecule has 1 aromatic carbocycles. The minimum absolute atomic E-state index is 0.00777. The summed E-state index contributed by atoms with van der Waals surface area (Å²) in [4.78, 5) is 22.3. The summed E-state index contributed by atoms with van der Waals surface area (Å²) in [5.41, 5.74) is 4.76. The molecule has 33 heavy (non-hydrogen) atoms. The van der Waals surface area contributed by atoms with Gasteiger partial charge in [-0.2, -0.15) is 10.2 Å². The molecule has 0 unspecified atom stereocenters. The van der Waals surface area contributed by atoms with Crippen LogP contribution in [0.2, 0.25) is 0 Å². The number of carbonyl (C=O) groups is 1. The molecule has 0 spiro atoms. The molecule has 1 aliphatic rings. The van der Waals surface area contributed by atoms with Gasteiger partial charge >= 0.3 is 0 Å². The van der Waals surface area contributed by atoms with E-state index in [-0.39, 0.29) is 12.2 Å². The molecule has 0 bridgehead atoms. The van der Waals surface area contributed by atoms with Gasteiger partial charge in [0, 0.05) is 54.9 Å². The molecule has 4 heterocycles. The Morgan fingerprint density at radius 2 is 1.88 bits per heavy atom. The van der Waals surface area contributed by atoms with E-state index >= 15 is 0 Å². The lowest BCUT2D eigenvalue weighted by Crippen LogP contribution is -2.49. The number of aromatic nitrogens is 5. The van der Waals surface area contributed by atoms with Crippen LogP contribution in [-0.4, -0.2) is 68.3 Å². The van der Waals surface area contributed by atoms with E-state index in [1.54, 1.807) is 17.8 Å². The van der Waals surface area contributed by atoms with Crippen LogP contribution in [0.4, 0.5) is 5.82 Å². The highest BCUT2D eigenvalue weighted by atomic mass is 32.1.